The van der Waals surface area contributed by atoms with Crippen LogP contribution in [0.15, 0.2) is 42.5 Å². The van der Waals surface area contributed by atoms with Crippen molar-refractivity contribution in [2.45, 2.75) is 18.7 Å². The number of aromatic nitrogens is 1. The van der Waals surface area contributed by atoms with Crippen molar-refractivity contribution in [1.29, 1.82) is 0 Å². The summed E-state index contributed by atoms with van der Waals surface area (Å²) in [6.45, 7) is 1.82. The van der Waals surface area contributed by atoms with Crippen LogP contribution < -0.4 is 4.74 Å². The van der Waals surface area contributed by atoms with Crippen LogP contribution in [0.25, 0.3) is 10.9 Å². The van der Waals surface area contributed by atoms with Crippen molar-refractivity contribution < 1.29 is 23.9 Å². The standard InChI is InChI=1S/C22H20ClNO5Se/c1-13-17(11-21(26)30-12-20(25)29-3)18-10-16(28-2)8-9-19(18)24(13)22(27)14-4-6-15(23)7-5-14/h4-10H,11-12H2,1-3H3. The number of hydrogen-bond acceptors (Lipinski definition) is 5. The van der Waals surface area contributed by atoms with E-state index >= 15 is 0 Å². The van der Waals surface area contributed by atoms with Gasteiger partial charge in [-0.25, -0.2) is 0 Å². The van der Waals surface area contributed by atoms with Gasteiger partial charge in [0.25, 0.3) is 0 Å². The van der Waals surface area contributed by atoms with Crippen LogP contribution in [0, 0.1) is 6.92 Å². The second-order valence-corrected chi connectivity index (χ2v) is 9.11. The van der Waals surface area contributed by atoms with Crippen molar-refractivity contribution in [2.75, 3.05) is 14.2 Å². The number of carbonyl (C=O) groups is 3. The van der Waals surface area contributed by atoms with Gasteiger partial charge >= 0.3 is 185 Å². The number of rotatable bonds is 7. The zero-order chi connectivity index (χ0) is 21.8. The molecular weight excluding hydrogens is 473 g/mol. The molecule has 3 aromatic rings. The zero-order valence-electron chi connectivity index (χ0n) is 16.7. The van der Waals surface area contributed by atoms with E-state index in [4.69, 9.17) is 16.3 Å². The Labute approximate surface area is 185 Å². The monoisotopic (exact) mass is 493 g/mol. The van der Waals surface area contributed by atoms with Gasteiger partial charge in [-0.2, -0.15) is 0 Å². The molecule has 8 heteroatoms. The molecule has 30 heavy (non-hydrogen) atoms. The molecule has 0 amide bonds. The summed E-state index contributed by atoms with van der Waals surface area (Å²) < 4.78 is 11.5. The fourth-order valence-electron chi connectivity index (χ4n) is 3.19. The van der Waals surface area contributed by atoms with E-state index in [1.807, 2.05) is 19.1 Å². The van der Waals surface area contributed by atoms with Crippen molar-refractivity contribution in [1.82, 2.24) is 4.57 Å². The molecule has 0 aliphatic rings. The van der Waals surface area contributed by atoms with Gasteiger partial charge in [-0.3, -0.25) is 0 Å². The topological polar surface area (TPSA) is 74.6 Å². The van der Waals surface area contributed by atoms with E-state index in [9.17, 15) is 14.4 Å². The average molecular weight is 493 g/mol. The Morgan fingerprint density at radius 2 is 1.77 bits per heavy atom. The molecule has 0 saturated heterocycles. The van der Waals surface area contributed by atoms with E-state index in [-0.39, 0.29) is 22.3 Å². The molecule has 0 saturated carbocycles. The van der Waals surface area contributed by atoms with Crippen LogP contribution in [0.5, 0.6) is 5.75 Å². The van der Waals surface area contributed by atoms with Gasteiger partial charge in [0.2, 0.25) is 0 Å². The molecular formula is C22H20ClNO5Se. The summed E-state index contributed by atoms with van der Waals surface area (Å²) >= 11 is 5.41. The Morgan fingerprint density at radius 1 is 1.07 bits per heavy atom. The van der Waals surface area contributed by atoms with Crippen LogP contribution in [-0.2, 0) is 20.7 Å². The molecule has 0 aliphatic carbocycles. The predicted octanol–water partition coefficient (Wildman–Crippen LogP) is 3.66. The SMILES string of the molecule is COC(=O)C[Se]C(=O)Cc1c(C)n(C(=O)c2ccc(Cl)cc2)c2ccc(OC)cc12. The first-order chi connectivity index (χ1) is 14.3. The second-order valence-electron chi connectivity index (χ2n) is 6.51. The number of esters is 1. The van der Waals surface area contributed by atoms with Crippen LogP contribution in [0.1, 0.15) is 21.6 Å². The fourth-order valence-corrected chi connectivity index (χ4v) is 4.66. The number of benzene rings is 2. The van der Waals surface area contributed by atoms with E-state index in [0.717, 1.165) is 10.9 Å². The molecule has 1 aromatic heterocycles. The van der Waals surface area contributed by atoms with Gasteiger partial charge in [0.1, 0.15) is 0 Å². The van der Waals surface area contributed by atoms with E-state index in [1.54, 1.807) is 42.0 Å². The summed E-state index contributed by atoms with van der Waals surface area (Å²) in [5.74, 6) is 0.0209. The Bertz CT molecular complexity index is 1120. The molecule has 0 radical (unpaired) electrons. The first-order valence-electron chi connectivity index (χ1n) is 9.06. The third-order valence-electron chi connectivity index (χ3n) is 4.74. The van der Waals surface area contributed by atoms with E-state index in [0.29, 0.717) is 27.5 Å². The zero-order valence-corrected chi connectivity index (χ0v) is 19.2. The Hall–Kier alpha value is -2.60. The molecule has 0 spiro atoms. The van der Waals surface area contributed by atoms with Crippen LogP contribution >= 0.6 is 11.6 Å². The summed E-state index contributed by atoms with van der Waals surface area (Å²) in [5, 5.41) is 1.41. The van der Waals surface area contributed by atoms with Crippen LogP contribution in [-0.4, -0.2) is 50.3 Å². The second kappa shape index (κ2) is 9.47. The molecule has 0 fully saturated rings. The van der Waals surface area contributed by atoms with Crippen molar-refractivity contribution in [3.05, 3.63) is 64.3 Å². The van der Waals surface area contributed by atoms with Gasteiger partial charge in [0.15, 0.2) is 0 Å². The van der Waals surface area contributed by atoms with Crippen LogP contribution in [0.3, 0.4) is 0 Å². The third-order valence-corrected chi connectivity index (χ3v) is 6.76. The molecule has 0 unspecified atom stereocenters. The summed E-state index contributed by atoms with van der Waals surface area (Å²) in [6, 6.07) is 12.1. The van der Waals surface area contributed by atoms with Gasteiger partial charge in [0.05, 0.1) is 0 Å². The predicted molar refractivity (Wildman–Crippen MR) is 116 cm³/mol. The molecule has 156 valence electrons. The number of methoxy groups -OCH3 is 2. The number of carbonyl (C=O) groups excluding carboxylic acids is 3. The Morgan fingerprint density at radius 3 is 2.40 bits per heavy atom. The normalized spacial score (nSPS) is 10.8. The summed E-state index contributed by atoms with van der Waals surface area (Å²) in [5.41, 5.74) is 2.61. The molecule has 0 atom stereocenters. The van der Waals surface area contributed by atoms with Gasteiger partial charge in [-0.15, -0.1) is 0 Å². The average Bonchev–Trinajstić information content (AvgIpc) is 3.02. The van der Waals surface area contributed by atoms with Crippen molar-refractivity contribution in [3.8, 4) is 5.75 Å². The fraction of sp³-hybridized carbons (Fsp3) is 0.227. The van der Waals surface area contributed by atoms with Gasteiger partial charge in [-0.1, -0.05) is 0 Å². The first-order valence-corrected chi connectivity index (χ1v) is 11.5. The minimum atomic E-state index is -0.535. The summed E-state index contributed by atoms with van der Waals surface area (Å²) in [6.07, 6.45) is 0.132. The van der Waals surface area contributed by atoms with E-state index in [1.165, 1.54) is 7.11 Å². The van der Waals surface area contributed by atoms with Gasteiger partial charge in [0, 0.05) is 0 Å². The Balaban J connectivity index is 2.05. The van der Waals surface area contributed by atoms with Gasteiger partial charge in [-0.05, 0) is 0 Å². The molecule has 0 aliphatic heterocycles. The molecule has 1 heterocycles. The Kier molecular flexibility index (Phi) is 6.98. The van der Waals surface area contributed by atoms with Crippen LogP contribution in [0.2, 0.25) is 10.3 Å². The number of hydrogen-bond donors (Lipinski definition) is 0. The molecule has 0 N–H and O–H groups in total. The minimum absolute atomic E-state index is 0.0446. The number of ether oxygens (including phenoxy) is 2. The summed E-state index contributed by atoms with van der Waals surface area (Å²) in [4.78, 5) is 37.2. The van der Waals surface area contributed by atoms with Crippen molar-refractivity contribution in [2.24, 2.45) is 0 Å². The third kappa shape index (κ3) is 4.59. The molecule has 0 bridgehead atoms. The number of nitrogens with zero attached hydrogens (tertiary/aromatic N) is 1. The molecule has 3 rings (SSSR count). The first kappa shape index (κ1) is 22.1. The van der Waals surface area contributed by atoms with E-state index in [2.05, 4.69) is 4.74 Å². The van der Waals surface area contributed by atoms with E-state index < -0.39 is 20.9 Å². The number of halogens is 1. The van der Waals surface area contributed by atoms with Crippen molar-refractivity contribution >= 4 is 54.0 Å². The maximum atomic E-state index is 13.2. The number of fused-ring (bicyclic) bond motifs is 1. The maximum absolute atomic E-state index is 13.2. The van der Waals surface area contributed by atoms with Crippen molar-refractivity contribution in [3.63, 3.8) is 0 Å². The van der Waals surface area contributed by atoms with Gasteiger partial charge < -0.3 is 0 Å². The quantitative estimate of drug-likeness (QED) is 0.372. The van der Waals surface area contributed by atoms with Crippen LogP contribution in [0.4, 0.5) is 0 Å². The molecule has 6 nitrogen and oxygen atoms in total. The summed E-state index contributed by atoms with van der Waals surface area (Å²) in [7, 11) is 2.86. The molecule has 2 aromatic carbocycles.